The van der Waals surface area contributed by atoms with Gasteiger partial charge in [0.15, 0.2) is 0 Å². The molecule has 4 aromatic heterocycles. The van der Waals surface area contributed by atoms with Gasteiger partial charge in [-0.15, -0.1) is 0 Å². The molecule has 56 heavy (non-hydrogen) atoms. The number of halogens is 1. The number of hydrogen-bond acceptors (Lipinski definition) is 16. The zero-order valence-electron chi connectivity index (χ0n) is 30.5. The van der Waals surface area contributed by atoms with Crippen LogP contribution in [0.5, 0.6) is 0 Å². The van der Waals surface area contributed by atoms with Gasteiger partial charge in [-0.25, -0.2) is 0 Å². The Morgan fingerprint density at radius 2 is 0.982 bits per heavy atom. The van der Waals surface area contributed by atoms with Gasteiger partial charge in [0, 0.05) is 70.0 Å². The van der Waals surface area contributed by atoms with Crippen LogP contribution in [0.1, 0.15) is 48.5 Å². The van der Waals surface area contributed by atoms with Crippen molar-refractivity contribution in [2.45, 2.75) is 51.9 Å². The molecule has 0 atom stereocenters. The van der Waals surface area contributed by atoms with Crippen molar-refractivity contribution in [2.24, 2.45) is 0 Å². The highest BCUT2D eigenvalue weighted by molar-refractivity contribution is 14.1. The highest BCUT2D eigenvalue weighted by atomic mass is 127. The van der Waals surface area contributed by atoms with Gasteiger partial charge in [-0.05, 0) is 67.9 Å². The van der Waals surface area contributed by atoms with Gasteiger partial charge in [0.1, 0.15) is 11.5 Å². The summed E-state index contributed by atoms with van der Waals surface area (Å²) in [5, 5.41) is 48.6. The second-order valence-corrected chi connectivity index (χ2v) is 13.8. The van der Waals surface area contributed by atoms with E-state index in [2.05, 4.69) is 10.2 Å². The Balaban J connectivity index is 1.67. The number of carbonyl (C=O) groups is 5. The van der Waals surface area contributed by atoms with Crippen LogP contribution < -0.4 is 25.7 Å². The van der Waals surface area contributed by atoms with Gasteiger partial charge in [0.05, 0.1) is 63.6 Å². The van der Waals surface area contributed by atoms with Crippen molar-refractivity contribution in [1.82, 2.24) is 30.0 Å². The summed E-state index contributed by atoms with van der Waals surface area (Å²) in [6.07, 6.45) is 6.27. The fraction of sp³-hybridized carbons (Fsp3) is 0.395. The van der Waals surface area contributed by atoms with Crippen LogP contribution in [0.3, 0.4) is 0 Å². The van der Waals surface area contributed by atoms with Crippen molar-refractivity contribution >= 4 is 52.4 Å². The first kappa shape index (κ1) is 43.5. The maximum Gasteiger partial charge on any atom is 0.229 e. The molecule has 0 fully saturated rings. The summed E-state index contributed by atoms with van der Waals surface area (Å²) in [7, 11) is 0. The maximum atomic E-state index is 11.6. The number of amides is 1. The topological polar surface area (TPSA) is 251 Å². The summed E-state index contributed by atoms with van der Waals surface area (Å²) >= 11 is 2.01. The van der Waals surface area contributed by atoms with Gasteiger partial charge >= 0.3 is 0 Å². The van der Waals surface area contributed by atoms with Crippen LogP contribution in [-0.4, -0.2) is 98.1 Å². The van der Waals surface area contributed by atoms with Crippen molar-refractivity contribution in [1.29, 1.82) is 0 Å². The number of nitrogens with one attached hydrogen (secondary N) is 1. The third-order valence-electron chi connectivity index (χ3n) is 8.27. The highest BCUT2D eigenvalue weighted by Crippen LogP contribution is 2.26. The molecule has 1 N–H and O–H groups in total. The molecule has 18 heteroatoms. The molecule has 300 valence electrons. The molecule has 0 aliphatic rings. The zero-order valence-corrected chi connectivity index (χ0v) is 32.6. The number of carboxylic acids is 4. The summed E-state index contributed by atoms with van der Waals surface area (Å²) < 4.78 is 11.7. The SMILES string of the molecule is O=C([O-])CN(CC(=O)[O-])Cc1cc(-c2ccco2)cc(CN(CCCCCCNC(=O)CI)Cc2cc(-c3ccco3)cc(CN(CC(=O)[O-])CC(=O)[O-])n2)n1. The summed E-state index contributed by atoms with van der Waals surface area (Å²) in [6, 6.07) is 13.9. The van der Waals surface area contributed by atoms with E-state index in [0.29, 0.717) is 62.9 Å². The third-order valence-corrected chi connectivity index (χ3v) is 8.96. The molecule has 0 saturated heterocycles. The van der Waals surface area contributed by atoms with E-state index in [0.717, 1.165) is 35.5 Å². The van der Waals surface area contributed by atoms with Crippen LogP contribution >= 0.6 is 22.6 Å². The highest BCUT2D eigenvalue weighted by Gasteiger charge is 2.18. The van der Waals surface area contributed by atoms with E-state index in [1.807, 2.05) is 34.7 Å². The normalized spacial score (nSPS) is 11.4. The molecule has 4 rings (SSSR count). The lowest BCUT2D eigenvalue weighted by Crippen LogP contribution is -2.43. The third kappa shape index (κ3) is 15.5. The van der Waals surface area contributed by atoms with Crippen LogP contribution in [0, 0.1) is 0 Å². The number of carbonyl (C=O) groups excluding carboxylic acids is 5. The van der Waals surface area contributed by atoms with Crippen LogP contribution in [0.2, 0.25) is 0 Å². The van der Waals surface area contributed by atoms with Crippen molar-refractivity contribution in [3.8, 4) is 22.6 Å². The number of nitrogens with zero attached hydrogens (tertiary/aromatic N) is 5. The Labute approximate surface area is 336 Å². The van der Waals surface area contributed by atoms with Crippen molar-refractivity contribution < 1.29 is 53.2 Å². The summed E-state index contributed by atoms with van der Waals surface area (Å²) in [5.41, 5.74) is 3.15. The number of aliphatic carboxylic acids is 4. The van der Waals surface area contributed by atoms with Gasteiger partial charge in [0.25, 0.3) is 0 Å². The average Bonchev–Trinajstić information content (AvgIpc) is 3.86. The molecule has 0 radical (unpaired) electrons. The van der Waals surface area contributed by atoms with Crippen molar-refractivity contribution in [2.75, 3.05) is 43.7 Å². The van der Waals surface area contributed by atoms with E-state index < -0.39 is 50.1 Å². The molecule has 0 aromatic carbocycles. The lowest BCUT2D eigenvalue weighted by Gasteiger charge is -2.25. The molecule has 0 aliphatic heterocycles. The number of pyridine rings is 2. The van der Waals surface area contributed by atoms with Crippen molar-refractivity contribution in [3.63, 3.8) is 0 Å². The van der Waals surface area contributed by atoms with Crippen LogP contribution in [-0.2, 0) is 50.2 Å². The number of rotatable bonds is 26. The van der Waals surface area contributed by atoms with E-state index in [4.69, 9.17) is 18.8 Å². The molecular weight excluding hydrogens is 843 g/mol. The molecule has 0 spiro atoms. The van der Waals surface area contributed by atoms with Crippen LogP contribution in [0.15, 0.2) is 69.9 Å². The first-order chi connectivity index (χ1) is 26.9. The van der Waals surface area contributed by atoms with Crippen molar-refractivity contribution in [3.05, 3.63) is 83.8 Å². The Morgan fingerprint density at radius 3 is 1.34 bits per heavy atom. The maximum absolute atomic E-state index is 11.6. The van der Waals surface area contributed by atoms with E-state index >= 15 is 0 Å². The molecule has 0 bridgehead atoms. The molecule has 0 aliphatic carbocycles. The molecular formula is C38H41IN6O11-4. The molecule has 4 heterocycles. The Kier molecular flexibility index (Phi) is 17.4. The number of carboxylic acid groups (broad SMARTS) is 4. The predicted molar refractivity (Wildman–Crippen MR) is 199 cm³/mol. The number of aromatic nitrogens is 2. The summed E-state index contributed by atoms with van der Waals surface area (Å²) in [6.45, 7) is -1.25. The fourth-order valence-corrected chi connectivity index (χ4v) is 6.35. The summed E-state index contributed by atoms with van der Waals surface area (Å²) in [5.74, 6) is -4.84. The standard InChI is InChI=1S/C38H45IN6O11/c39-17-34(46)40-9-3-1-2-4-10-43(18-28-13-26(32-7-5-11-55-32)15-30(41-28)20-44(22-35(47)48)23-36(49)50)19-29-14-27(33-8-6-12-56-33)16-31(42-29)21-45(24-37(51)52)25-38(53)54/h5-8,11-16H,1-4,9-10,17-25H2,(H,40,46)(H,47,48)(H,49,50)(H,51,52)(H,53,54)/p-4. The van der Waals surface area contributed by atoms with Crippen LogP contribution in [0.25, 0.3) is 22.6 Å². The van der Waals surface area contributed by atoms with E-state index in [1.54, 1.807) is 36.4 Å². The monoisotopic (exact) mass is 884 g/mol. The van der Waals surface area contributed by atoms with E-state index in [-0.39, 0.29) is 32.1 Å². The number of furan rings is 2. The first-order valence-corrected chi connectivity index (χ1v) is 19.3. The lowest BCUT2D eigenvalue weighted by molar-refractivity contribution is -0.313. The van der Waals surface area contributed by atoms with Gasteiger partial charge in [0.2, 0.25) is 5.91 Å². The first-order valence-electron chi connectivity index (χ1n) is 17.7. The molecule has 1 amide bonds. The van der Waals surface area contributed by atoms with Crippen LogP contribution in [0.4, 0.5) is 0 Å². The van der Waals surface area contributed by atoms with Gasteiger partial charge in [-0.1, -0.05) is 35.4 Å². The molecule has 0 unspecified atom stereocenters. The van der Waals surface area contributed by atoms with E-state index in [1.165, 1.54) is 12.5 Å². The number of hydrogen-bond donors (Lipinski definition) is 1. The van der Waals surface area contributed by atoms with E-state index in [9.17, 15) is 44.4 Å². The smallest absolute Gasteiger partial charge is 0.229 e. The molecule has 17 nitrogen and oxygen atoms in total. The largest absolute Gasteiger partial charge is 0.549 e. The average molecular weight is 885 g/mol. The minimum absolute atomic E-state index is 0.0196. The second-order valence-electron chi connectivity index (χ2n) is 13.0. The molecule has 0 saturated carbocycles. The minimum atomic E-state index is -1.46. The second kappa shape index (κ2) is 22.4. The number of alkyl halides is 1. The Hall–Kier alpha value is -5.18. The Morgan fingerprint density at radius 1 is 0.589 bits per heavy atom. The fourth-order valence-electron chi connectivity index (χ4n) is 6.08. The Bertz CT molecular complexity index is 1750. The zero-order chi connectivity index (χ0) is 40.5. The predicted octanol–water partition coefficient (Wildman–Crippen LogP) is -1.29. The number of unbranched alkanes of at least 4 members (excludes halogenated alkanes) is 3. The van der Waals surface area contributed by atoms with Gasteiger partial charge in [-0.3, -0.25) is 29.5 Å². The summed E-state index contributed by atoms with van der Waals surface area (Å²) in [4.78, 5) is 71.3. The quantitative estimate of drug-likeness (QED) is 0.0438. The lowest BCUT2D eigenvalue weighted by atomic mass is 10.1. The van der Waals surface area contributed by atoms with Gasteiger partial charge < -0.3 is 53.8 Å². The minimum Gasteiger partial charge on any atom is -0.549 e. The molecule has 4 aromatic rings. The van der Waals surface area contributed by atoms with Gasteiger partial charge in [-0.2, -0.15) is 0 Å².